The van der Waals surface area contributed by atoms with Crippen LogP contribution in [0.4, 0.5) is 0 Å². The maximum Gasteiger partial charge on any atom is 0.206 e. The third kappa shape index (κ3) is 3.85. The normalized spacial score (nSPS) is 11.7. The van der Waals surface area contributed by atoms with Crippen LogP contribution in [0.1, 0.15) is 39.9 Å². The molecule has 0 bridgehead atoms. The van der Waals surface area contributed by atoms with Crippen LogP contribution in [0.3, 0.4) is 0 Å². The average molecular weight is 336 g/mol. The van der Waals surface area contributed by atoms with Gasteiger partial charge >= 0.3 is 0 Å². The van der Waals surface area contributed by atoms with Crippen LogP contribution in [-0.2, 0) is 13.0 Å². The lowest BCUT2D eigenvalue weighted by molar-refractivity contribution is 0.103. The number of nitrogens with one attached hydrogen (secondary N) is 1. The molecule has 0 radical (unpaired) electrons. The van der Waals surface area contributed by atoms with E-state index in [-0.39, 0.29) is 17.4 Å². The number of ketones is 1. The molecular formula is C19H20N4O2. The lowest BCUT2D eigenvalue weighted by Gasteiger charge is -2.08. The van der Waals surface area contributed by atoms with Gasteiger partial charge in [0.05, 0.1) is 5.69 Å². The predicted molar refractivity (Wildman–Crippen MR) is 95.4 cm³/mol. The topological polar surface area (TPSA) is 83.8 Å². The van der Waals surface area contributed by atoms with Crippen molar-refractivity contribution < 1.29 is 9.90 Å². The zero-order valence-corrected chi connectivity index (χ0v) is 14.2. The second-order valence-electron chi connectivity index (χ2n) is 5.93. The highest BCUT2D eigenvalue weighted by Crippen LogP contribution is 2.16. The number of hydrogen-bond acceptors (Lipinski definition) is 4. The van der Waals surface area contributed by atoms with Crippen LogP contribution in [0.15, 0.2) is 48.9 Å². The van der Waals surface area contributed by atoms with Crippen LogP contribution in [0.5, 0.6) is 0 Å². The van der Waals surface area contributed by atoms with Crippen molar-refractivity contribution in [2.75, 3.05) is 0 Å². The molecule has 3 rings (SSSR count). The molecule has 6 heteroatoms. The van der Waals surface area contributed by atoms with Crippen LogP contribution in [0.2, 0.25) is 0 Å². The van der Waals surface area contributed by atoms with Crippen molar-refractivity contribution in [2.45, 2.75) is 26.8 Å². The fraction of sp³-hybridized carbons (Fsp3) is 0.211. The SMILES string of the molecule is CCc1cc(C(=O)C=C(O)c2ncn[nH]2)n(Cc2ccc(C)cc2)c1. The Balaban J connectivity index is 1.90. The Morgan fingerprint density at radius 3 is 2.68 bits per heavy atom. The summed E-state index contributed by atoms with van der Waals surface area (Å²) in [4.78, 5) is 16.5. The van der Waals surface area contributed by atoms with Crippen LogP contribution in [0.25, 0.3) is 5.76 Å². The van der Waals surface area contributed by atoms with E-state index in [9.17, 15) is 9.90 Å². The second kappa shape index (κ2) is 7.17. The molecule has 0 aliphatic carbocycles. The number of aliphatic hydroxyl groups is 1. The van der Waals surface area contributed by atoms with Crippen LogP contribution < -0.4 is 0 Å². The Morgan fingerprint density at radius 1 is 1.28 bits per heavy atom. The van der Waals surface area contributed by atoms with E-state index in [0.717, 1.165) is 17.5 Å². The van der Waals surface area contributed by atoms with Crippen molar-refractivity contribution in [1.29, 1.82) is 0 Å². The molecule has 3 aromatic rings. The van der Waals surface area contributed by atoms with Gasteiger partial charge in [-0.2, -0.15) is 5.10 Å². The third-order valence-electron chi connectivity index (χ3n) is 4.01. The number of aromatic nitrogens is 4. The van der Waals surface area contributed by atoms with E-state index in [1.165, 1.54) is 18.0 Å². The first-order valence-corrected chi connectivity index (χ1v) is 8.12. The Labute approximate surface area is 145 Å². The molecule has 0 fully saturated rings. The van der Waals surface area contributed by atoms with E-state index in [4.69, 9.17) is 0 Å². The number of aryl methyl sites for hydroxylation is 2. The molecular weight excluding hydrogens is 316 g/mol. The van der Waals surface area contributed by atoms with Gasteiger partial charge in [0.2, 0.25) is 5.78 Å². The molecule has 6 nitrogen and oxygen atoms in total. The van der Waals surface area contributed by atoms with E-state index in [1.807, 2.05) is 30.7 Å². The van der Waals surface area contributed by atoms with Crippen molar-refractivity contribution in [3.8, 4) is 0 Å². The molecule has 0 saturated heterocycles. The fourth-order valence-electron chi connectivity index (χ4n) is 2.59. The molecule has 128 valence electrons. The van der Waals surface area contributed by atoms with Gasteiger partial charge in [-0.15, -0.1) is 0 Å². The van der Waals surface area contributed by atoms with Gasteiger partial charge in [0, 0.05) is 18.8 Å². The quantitative estimate of drug-likeness (QED) is 0.411. The van der Waals surface area contributed by atoms with Gasteiger partial charge in [-0.05, 0) is 30.5 Å². The number of carbonyl (C=O) groups is 1. The van der Waals surface area contributed by atoms with Crippen molar-refractivity contribution in [1.82, 2.24) is 19.7 Å². The highest BCUT2D eigenvalue weighted by Gasteiger charge is 2.14. The first kappa shape index (κ1) is 16.7. The first-order chi connectivity index (χ1) is 12.1. The zero-order valence-electron chi connectivity index (χ0n) is 14.2. The van der Waals surface area contributed by atoms with E-state index in [0.29, 0.717) is 12.2 Å². The van der Waals surface area contributed by atoms with Gasteiger partial charge < -0.3 is 9.67 Å². The molecule has 0 aliphatic rings. The van der Waals surface area contributed by atoms with E-state index >= 15 is 0 Å². The van der Waals surface area contributed by atoms with Crippen molar-refractivity contribution in [3.63, 3.8) is 0 Å². The van der Waals surface area contributed by atoms with Gasteiger partial charge in [-0.3, -0.25) is 9.89 Å². The zero-order chi connectivity index (χ0) is 17.8. The minimum absolute atomic E-state index is 0.167. The molecule has 25 heavy (non-hydrogen) atoms. The molecule has 2 aromatic heterocycles. The maximum absolute atomic E-state index is 12.6. The number of H-pyrrole nitrogens is 1. The molecule has 1 aromatic carbocycles. The fourth-order valence-corrected chi connectivity index (χ4v) is 2.59. The van der Waals surface area contributed by atoms with Crippen LogP contribution in [-0.4, -0.2) is 30.6 Å². The predicted octanol–water partition coefficient (Wildman–Crippen LogP) is 3.31. The first-order valence-electron chi connectivity index (χ1n) is 8.12. The molecule has 0 spiro atoms. The Kier molecular flexibility index (Phi) is 4.79. The van der Waals surface area contributed by atoms with Crippen LogP contribution in [0, 0.1) is 6.92 Å². The molecule has 0 aliphatic heterocycles. The molecule has 0 amide bonds. The smallest absolute Gasteiger partial charge is 0.206 e. The molecule has 2 N–H and O–H groups in total. The summed E-state index contributed by atoms with van der Waals surface area (Å²) < 4.78 is 1.91. The summed E-state index contributed by atoms with van der Waals surface area (Å²) >= 11 is 0. The summed E-state index contributed by atoms with van der Waals surface area (Å²) in [5.41, 5.74) is 3.91. The average Bonchev–Trinajstić information content (AvgIpc) is 3.26. The van der Waals surface area contributed by atoms with E-state index in [1.54, 1.807) is 0 Å². The number of aliphatic hydroxyl groups excluding tert-OH is 1. The number of allylic oxidation sites excluding steroid dienone is 1. The summed E-state index contributed by atoms with van der Waals surface area (Å²) in [6.07, 6.45) is 5.26. The number of rotatable bonds is 6. The van der Waals surface area contributed by atoms with Gasteiger partial charge in [-0.25, -0.2) is 4.98 Å². The number of aromatic amines is 1. The van der Waals surface area contributed by atoms with Crippen molar-refractivity contribution >= 4 is 11.5 Å². The number of carbonyl (C=O) groups excluding carboxylic acids is 1. The molecule has 0 atom stereocenters. The molecule has 0 saturated carbocycles. The highest BCUT2D eigenvalue weighted by atomic mass is 16.3. The molecule has 2 heterocycles. The lowest BCUT2D eigenvalue weighted by Crippen LogP contribution is -2.08. The Hall–Kier alpha value is -3.15. The largest absolute Gasteiger partial charge is 0.504 e. The summed E-state index contributed by atoms with van der Waals surface area (Å²) in [6, 6.07) is 10.1. The van der Waals surface area contributed by atoms with Gasteiger partial charge in [0.1, 0.15) is 6.33 Å². The number of benzene rings is 1. The maximum atomic E-state index is 12.6. The number of nitrogens with zero attached hydrogens (tertiary/aromatic N) is 3. The van der Waals surface area contributed by atoms with Crippen molar-refractivity contribution in [2.24, 2.45) is 0 Å². The van der Waals surface area contributed by atoms with Gasteiger partial charge in [0.15, 0.2) is 11.6 Å². The van der Waals surface area contributed by atoms with Crippen LogP contribution >= 0.6 is 0 Å². The summed E-state index contributed by atoms with van der Waals surface area (Å²) in [5.74, 6) is -0.343. The molecule has 0 unspecified atom stereocenters. The summed E-state index contributed by atoms with van der Waals surface area (Å²) in [5, 5.41) is 16.2. The Bertz CT molecular complexity index is 890. The lowest BCUT2D eigenvalue weighted by atomic mass is 10.1. The van der Waals surface area contributed by atoms with Crippen molar-refractivity contribution in [3.05, 3.63) is 77.1 Å². The minimum Gasteiger partial charge on any atom is -0.504 e. The van der Waals surface area contributed by atoms with Gasteiger partial charge in [-0.1, -0.05) is 36.8 Å². The highest BCUT2D eigenvalue weighted by molar-refractivity contribution is 6.06. The minimum atomic E-state index is -0.277. The number of hydrogen-bond donors (Lipinski definition) is 2. The summed E-state index contributed by atoms with van der Waals surface area (Å²) in [7, 11) is 0. The third-order valence-corrected chi connectivity index (χ3v) is 4.01. The summed E-state index contributed by atoms with van der Waals surface area (Å²) in [6.45, 7) is 4.68. The van der Waals surface area contributed by atoms with E-state index in [2.05, 4.69) is 39.4 Å². The van der Waals surface area contributed by atoms with Gasteiger partial charge in [0.25, 0.3) is 0 Å². The monoisotopic (exact) mass is 336 g/mol. The Morgan fingerprint density at radius 2 is 2.04 bits per heavy atom. The standard InChI is InChI=1S/C19H20N4O2/c1-3-14-8-16(17(24)9-18(25)19-20-12-21-22-19)23(10-14)11-15-6-4-13(2)5-7-15/h4-10,12,25H,3,11H2,1-2H3,(H,20,21,22). The second-order valence-corrected chi connectivity index (χ2v) is 5.93. The van der Waals surface area contributed by atoms with E-state index < -0.39 is 0 Å².